The Morgan fingerprint density at radius 2 is 2.00 bits per heavy atom. The summed E-state index contributed by atoms with van der Waals surface area (Å²) in [5.74, 6) is 0. The standard InChI is InChI=1S/C14H29N3O/c1-3-13(11-15-4-2)17-6-5-14(12-17)16-7-9-18-10-8-16/h13-15H,3-12H2,1-2H3. The highest BCUT2D eigenvalue weighted by Gasteiger charge is 2.31. The third-order valence-electron chi connectivity index (χ3n) is 4.37. The predicted octanol–water partition coefficient (Wildman–Crippen LogP) is 0.781. The summed E-state index contributed by atoms with van der Waals surface area (Å²) < 4.78 is 5.44. The zero-order chi connectivity index (χ0) is 12.8. The SMILES string of the molecule is CCNCC(CC)N1CCC(N2CCOCC2)C1. The van der Waals surface area contributed by atoms with Gasteiger partial charge in [-0.05, 0) is 19.4 Å². The molecule has 0 spiro atoms. The molecular formula is C14H29N3O. The second-order valence-corrected chi connectivity index (χ2v) is 5.46. The molecule has 2 fully saturated rings. The van der Waals surface area contributed by atoms with Crippen LogP contribution < -0.4 is 5.32 Å². The van der Waals surface area contributed by atoms with Gasteiger partial charge in [0.25, 0.3) is 0 Å². The fraction of sp³-hybridized carbons (Fsp3) is 1.00. The smallest absolute Gasteiger partial charge is 0.0594 e. The van der Waals surface area contributed by atoms with E-state index in [1.54, 1.807) is 0 Å². The Bertz CT molecular complexity index is 231. The third-order valence-corrected chi connectivity index (χ3v) is 4.37. The molecular weight excluding hydrogens is 226 g/mol. The maximum absolute atomic E-state index is 5.44. The van der Waals surface area contributed by atoms with E-state index >= 15 is 0 Å². The maximum Gasteiger partial charge on any atom is 0.0594 e. The van der Waals surface area contributed by atoms with Crippen LogP contribution in [0.4, 0.5) is 0 Å². The third kappa shape index (κ3) is 3.67. The topological polar surface area (TPSA) is 27.7 Å². The Morgan fingerprint density at radius 1 is 1.22 bits per heavy atom. The lowest BCUT2D eigenvalue weighted by Gasteiger charge is -2.33. The van der Waals surface area contributed by atoms with Crippen molar-refractivity contribution in [3.8, 4) is 0 Å². The molecule has 18 heavy (non-hydrogen) atoms. The molecule has 0 radical (unpaired) electrons. The highest BCUT2D eigenvalue weighted by atomic mass is 16.5. The summed E-state index contributed by atoms with van der Waals surface area (Å²) in [7, 11) is 0. The van der Waals surface area contributed by atoms with E-state index in [0.717, 1.165) is 51.5 Å². The summed E-state index contributed by atoms with van der Waals surface area (Å²) >= 11 is 0. The number of likely N-dealkylation sites (tertiary alicyclic amines) is 1. The van der Waals surface area contributed by atoms with E-state index in [9.17, 15) is 0 Å². The summed E-state index contributed by atoms with van der Waals surface area (Å²) in [5, 5.41) is 3.50. The second kappa shape index (κ2) is 7.43. The van der Waals surface area contributed by atoms with Gasteiger partial charge in [0.2, 0.25) is 0 Å². The van der Waals surface area contributed by atoms with Crippen LogP contribution in [-0.4, -0.2) is 74.4 Å². The molecule has 0 aliphatic carbocycles. The van der Waals surface area contributed by atoms with Crippen molar-refractivity contribution < 1.29 is 4.74 Å². The van der Waals surface area contributed by atoms with Crippen LogP contribution in [0.2, 0.25) is 0 Å². The lowest BCUT2D eigenvalue weighted by atomic mass is 10.2. The van der Waals surface area contributed by atoms with Crippen LogP contribution in [0.3, 0.4) is 0 Å². The number of nitrogens with zero attached hydrogens (tertiary/aromatic N) is 2. The first-order valence-electron chi connectivity index (χ1n) is 7.61. The molecule has 2 aliphatic rings. The van der Waals surface area contributed by atoms with Crippen LogP contribution in [0.15, 0.2) is 0 Å². The Kier molecular flexibility index (Phi) is 5.89. The predicted molar refractivity (Wildman–Crippen MR) is 75.0 cm³/mol. The molecule has 4 nitrogen and oxygen atoms in total. The lowest BCUT2D eigenvalue weighted by molar-refractivity contribution is 0.0175. The molecule has 2 aliphatic heterocycles. The van der Waals surface area contributed by atoms with Gasteiger partial charge in [-0.1, -0.05) is 13.8 Å². The van der Waals surface area contributed by atoms with Gasteiger partial charge < -0.3 is 10.1 Å². The molecule has 106 valence electrons. The van der Waals surface area contributed by atoms with Gasteiger partial charge in [-0.15, -0.1) is 0 Å². The number of morpholine rings is 1. The molecule has 2 rings (SSSR count). The number of nitrogens with one attached hydrogen (secondary N) is 1. The Balaban J connectivity index is 1.78. The first kappa shape index (κ1) is 14.3. The van der Waals surface area contributed by atoms with Gasteiger partial charge in [-0.3, -0.25) is 9.80 Å². The number of likely N-dealkylation sites (N-methyl/N-ethyl adjacent to an activating group) is 1. The summed E-state index contributed by atoms with van der Waals surface area (Å²) in [6.45, 7) is 13.3. The zero-order valence-corrected chi connectivity index (χ0v) is 12.0. The van der Waals surface area contributed by atoms with Gasteiger partial charge in [0.1, 0.15) is 0 Å². The van der Waals surface area contributed by atoms with Gasteiger partial charge in [0, 0.05) is 44.8 Å². The van der Waals surface area contributed by atoms with Crippen LogP contribution in [0, 0.1) is 0 Å². The summed E-state index contributed by atoms with van der Waals surface area (Å²) in [4.78, 5) is 5.31. The van der Waals surface area contributed by atoms with Crippen LogP contribution in [0.1, 0.15) is 26.7 Å². The molecule has 1 N–H and O–H groups in total. The summed E-state index contributed by atoms with van der Waals surface area (Å²) in [6.07, 6.45) is 2.59. The van der Waals surface area contributed by atoms with Gasteiger partial charge in [0.15, 0.2) is 0 Å². The number of hydrogen-bond acceptors (Lipinski definition) is 4. The monoisotopic (exact) mass is 255 g/mol. The van der Waals surface area contributed by atoms with Crippen molar-refractivity contribution >= 4 is 0 Å². The number of hydrogen-bond donors (Lipinski definition) is 1. The average Bonchev–Trinajstić information content (AvgIpc) is 2.90. The minimum Gasteiger partial charge on any atom is -0.379 e. The minimum absolute atomic E-state index is 0.719. The van der Waals surface area contributed by atoms with Crippen molar-refractivity contribution in [1.82, 2.24) is 15.1 Å². The van der Waals surface area contributed by atoms with Crippen LogP contribution >= 0.6 is 0 Å². The Labute approximate surface area is 112 Å². The van der Waals surface area contributed by atoms with E-state index < -0.39 is 0 Å². The van der Waals surface area contributed by atoms with Crippen LogP contribution in [0.25, 0.3) is 0 Å². The van der Waals surface area contributed by atoms with Gasteiger partial charge in [0.05, 0.1) is 13.2 Å². The fourth-order valence-corrected chi connectivity index (χ4v) is 3.18. The first-order chi connectivity index (χ1) is 8.85. The molecule has 0 saturated carbocycles. The van der Waals surface area contributed by atoms with Crippen molar-refractivity contribution in [2.24, 2.45) is 0 Å². The molecule has 0 aromatic rings. The van der Waals surface area contributed by atoms with Crippen molar-refractivity contribution in [2.45, 2.75) is 38.8 Å². The van der Waals surface area contributed by atoms with Crippen LogP contribution in [0.5, 0.6) is 0 Å². The van der Waals surface area contributed by atoms with E-state index in [4.69, 9.17) is 4.74 Å². The average molecular weight is 255 g/mol. The van der Waals surface area contributed by atoms with E-state index in [-0.39, 0.29) is 0 Å². The number of ether oxygens (including phenoxy) is 1. The van der Waals surface area contributed by atoms with Gasteiger partial charge in [-0.2, -0.15) is 0 Å². The highest BCUT2D eigenvalue weighted by molar-refractivity contribution is 4.88. The van der Waals surface area contributed by atoms with E-state index in [1.807, 2.05) is 0 Å². The Hall–Kier alpha value is -0.160. The van der Waals surface area contributed by atoms with Crippen molar-refractivity contribution in [2.75, 3.05) is 52.5 Å². The molecule has 2 atom stereocenters. The van der Waals surface area contributed by atoms with Crippen LogP contribution in [-0.2, 0) is 4.74 Å². The molecule has 2 heterocycles. The number of rotatable bonds is 6. The molecule has 2 unspecified atom stereocenters. The summed E-state index contributed by atoms with van der Waals surface area (Å²) in [5.41, 5.74) is 0. The zero-order valence-electron chi connectivity index (χ0n) is 12.0. The van der Waals surface area contributed by atoms with Crippen molar-refractivity contribution in [3.63, 3.8) is 0 Å². The molecule has 4 heteroatoms. The molecule has 2 saturated heterocycles. The molecule has 0 amide bonds. The van der Waals surface area contributed by atoms with Gasteiger partial charge in [-0.25, -0.2) is 0 Å². The first-order valence-corrected chi connectivity index (χ1v) is 7.61. The maximum atomic E-state index is 5.44. The van der Waals surface area contributed by atoms with E-state index in [0.29, 0.717) is 0 Å². The van der Waals surface area contributed by atoms with Crippen molar-refractivity contribution in [1.29, 1.82) is 0 Å². The second-order valence-electron chi connectivity index (χ2n) is 5.46. The highest BCUT2D eigenvalue weighted by Crippen LogP contribution is 2.20. The molecule has 0 aromatic carbocycles. The molecule has 0 aromatic heterocycles. The normalized spacial score (nSPS) is 28.7. The van der Waals surface area contributed by atoms with Gasteiger partial charge >= 0.3 is 0 Å². The quantitative estimate of drug-likeness (QED) is 0.759. The largest absolute Gasteiger partial charge is 0.379 e. The molecule has 0 bridgehead atoms. The van der Waals surface area contributed by atoms with E-state index in [1.165, 1.54) is 25.9 Å². The summed E-state index contributed by atoms with van der Waals surface area (Å²) in [6, 6.07) is 1.49. The Morgan fingerprint density at radius 3 is 2.67 bits per heavy atom. The van der Waals surface area contributed by atoms with Crippen molar-refractivity contribution in [3.05, 3.63) is 0 Å². The lowest BCUT2D eigenvalue weighted by Crippen LogP contribution is -2.46. The minimum atomic E-state index is 0.719. The van der Waals surface area contributed by atoms with E-state index in [2.05, 4.69) is 29.0 Å². The fourth-order valence-electron chi connectivity index (χ4n) is 3.18.